The average molecular weight is 263 g/mol. The Morgan fingerprint density at radius 2 is 2.44 bits per heavy atom. The molecule has 1 aliphatic heterocycles. The van der Waals surface area contributed by atoms with Crippen molar-refractivity contribution in [3.05, 3.63) is 11.8 Å². The molecule has 5 heteroatoms. The lowest BCUT2D eigenvalue weighted by molar-refractivity contribution is 0.316. The van der Waals surface area contributed by atoms with Crippen molar-refractivity contribution in [3.63, 3.8) is 0 Å². The SMILES string of the molecule is CC#CCCOc1nsnc1C1=CCCNC1C. The molecule has 2 heterocycles. The predicted molar refractivity (Wildman–Crippen MR) is 73.5 cm³/mol. The first-order valence-electron chi connectivity index (χ1n) is 6.11. The van der Waals surface area contributed by atoms with Gasteiger partial charge in [0.25, 0.3) is 5.88 Å². The highest BCUT2D eigenvalue weighted by Crippen LogP contribution is 2.28. The molecule has 2 rings (SSSR count). The Bertz CT molecular complexity index is 484. The van der Waals surface area contributed by atoms with E-state index in [1.54, 1.807) is 0 Å². The van der Waals surface area contributed by atoms with Gasteiger partial charge in [-0.2, -0.15) is 4.37 Å². The molecule has 18 heavy (non-hydrogen) atoms. The molecule has 0 saturated carbocycles. The molecule has 0 aliphatic carbocycles. The second kappa shape index (κ2) is 6.53. The Morgan fingerprint density at radius 3 is 3.22 bits per heavy atom. The van der Waals surface area contributed by atoms with E-state index in [0.29, 0.717) is 18.5 Å². The number of hydrogen-bond acceptors (Lipinski definition) is 5. The monoisotopic (exact) mass is 263 g/mol. The number of ether oxygens (including phenoxy) is 1. The van der Waals surface area contributed by atoms with Gasteiger partial charge in [-0.25, -0.2) is 0 Å². The minimum absolute atomic E-state index is 0.306. The van der Waals surface area contributed by atoms with E-state index in [0.717, 1.165) is 25.1 Å². The quantitative estimate of drug-likeness (QED) is 0.667. The van der Waals surface area contributed by atoms with Gasteiger partial charge in [0.1, 0.15) is 12.3 Å². The molecule has 1 aromatic heterocycles. The highest BCUT2D eigenvalue weighted by atomic mass is 32.1. The highest BCUT2D eigenvalue weighted by molar-refractivity contribution is 6.99. The van der Waals surface area contributed by atoms with Crippen LogP contribution in [0.15, 0.2) is 6.08 Å². The molecule has 0 amide bonds. The van der Waals surface area contributed by atoms with Crippen LogP contribution < -0.4 is 10.1 Å². The van der Waals surface area contributed by atoms with E-state index in [1.165, 1.54) is 17.3 Å². The Labute approximate surface area is 112 Å². The van der Waals surface area contributed by atoms with E-state index in [4.69, 9.17) is 4.74 Å². The van der Waals surface area contributed by atoms with Crippen LogP contribution in [0.25, 0.3) is 5.57 Å². The summed E-state index contributed by atoms with van der Waals surface area (Å²) in [5.74, 6) is 6.46. The van der Waals surface area contributed by atoms with Crippen LogP contribution in [0.5, 0.6) is 5.88 Å². The molecule has 1 unspecified atom stereocenters. The molecule has 96 valence electrons. The summed E-state index contributed by atoms with van der Waals surface area (Å²) >= 11 is 1.20. The molecular formula is C13H17N3OS. The first kappa shape index (κ1) is 13.1. The molecule has 0 saturated heterocycles. The van der Waals surface area contributed by atoms with Gasteiger partial charge in [0.2, 0.25) is 0 Å². The number of nitrogens with zero attached hydrogens (tertiary/aromatic N) is 2. The summed E-state index contributed by atoms with van der Waals surface area (Å²) in [6, 6.07) is 0.306. The summed E-state index contributed by atoms with van der Waals surface area (Å²) in [6.07, 6.45) is 3.97. The van der Waals surface area contributed by atoms with Gasteiger partial charge in [0.15, 0.2) is 0 Å². The Balaban J connectivity index is 2.06. The van der Waals surface area contributed by atoms with Gasteiger partial charge in [0, 0.05) is 12.5 Å². The lowest BCUT2D eigenvalue weighted by Crippen LogP contribution is -2.31. The molecule has 1 aromatic rings. The van der Waals surface area contributed by atoms with Crippen molar-refractivity contribution >= 4 is 17.3 Å². The van der Waals surface area contributed by atoms with Gasteiger partial charge >= 0.3 is 0 Å². The third kappa shape index (κ3) is 3.09. The van der Waals surface area contributed by atoms with Crippen LogP contribution in [0.4, 0.5) is 0 Å². The second-order valence-electron chi connectivity index (χ2n) is 4.07. The van der Waals surface area contributed by atoms with Crippen molar-refractivity contribution in [1.29, 1.82) is 0 Å². The van der Waals surface area contributed by atoms with Crippen molar-refractivity contribution < 1.29 is 4.74 Å². The van der Waals surface area contributed by atoms with Crippen LogP contribution in [0.3, 0.4) is 0 Å². The standard InChI is InChI=1S/C13H17N3OS/c1-3-4-5-9-17-13-12(15-18-16-13)11-7-6-8-14-10(11)2/h7,10,14H,5-6,8-9H2,1-2H3. The Kier molecular flexibility index (Phi) is 4.73. The molecule has 1 N–H and O–H groups in total. The van der Waals surface area contributed by atoms with Crippen LogP contribution in [-0.4, -0.2) is 27.9 Å². The maximum absolute atomic E-state index is 5.65. The van der Waals surface area contributed by atoms with Gasteiger partial charge in [-0.1, -0.05) is 6.08 Å². The summed E-state index contributed by atoms with van der Waals surface area (Å²) in [5, 5.41) is 3.41. The first-order valence-corrected chi connectivity index (χ1v) is 6.84. The number of hydrogen-bond donors (Lipinski definition) is 1. The van der Waals surface area contributed by atoms with Gasteiger partial charge in [-0.15, -0.1) is 16.2 Å². The van der Waals surface area contributed by atoms with Gasteiger partial charge < -0.3 is 10.1 Å². The molecule has 1 atom stereocenters. The molecule has 0 radical (unpaired) electrons. The lowest BCUT2D eigenvalue weighted by atomic mass is 10.0. The normalized spacial score (nSPS) is 18.8. The van der Waals surface area contributed by atoms with Crippen molar-refractivity contribution in [2.45, 2.75) is 32.7 Å². The lowest BCUT2D eigenvalue weighted by Gasteiger charge is -2.21. The largest absolute Gasteiger partial charge is 0.474 e. The predicted octanol–water partition coefficient (Wildman–Crippen LogP) is 2.10. The fourth-order valence-corrected chi connectivity index (χ4v) is 2.41. The van der Waals surface area contributed by atoms with E-state index in [-0.39, 0.29) is 0 Å². The van der Waals surface area contributed by atoms with Crippen molar-refractivity contribution in [2.24, 2.45) is 0 Å². The summed E-state index contributed by atoms with van der Waals surface area (Å²) in [7, 11) is 0. The van der Waals surface area contributed by atoms with E-state index >= 15 is 0 Å². The second-order valence-corrected chi connectivity index (χ2v) is 4.60. The fraction of sp³-hybridized carbons (Fsp3) is 0.538. The Morgan fingerprint density at radius 1 is 1.56 bits per heavy atom. The van der Waals surface area contributed by atoms with Crippen molar-refractivity contribution in [1.82, 2.24) is 14.1 Å². The molecule has 0 bridgehead atoms. The molecule has 1 aliphatic rings. The van der Waals surface area contributed by atoms with Gasteiger partial charge in [-0.05, 0) is 32.4 Å². The van der Waals surface area contributed by atoms with Crippen molar-refractivity contribution in [3.8, 4) is 17.7 Å². The minimum atomic E-state index is 0.306. The zero-order chi connectivity index (χ0) is 12.8. The summed E-state index contributed by atoms with van der Waals surface area (Å²) < 4.78 is 14.2. The van der Waals surface area contributed by atoms with E-state index in [1.807, 2.05) is 6.92 Å². The van der Waals surface area contributed by atoms with Crippen LogP contribution in [0.2, 0.25) is 0 Å². The van der Waals surface area contributed by atoms with Crippen LogP contribution >= 0.6 is 11.7 Å². The van der Waals surface area contributed by atoms with E-state index < -0.39 is 0 Å². The van der Waals surface area contributed by atoms with Crippen LogP contribution in [0, 0.1) is 11.8 Å². The summed E-state index contributed by atoms with van der Waals surface area (Å²) in [6.45, 7) is 5.55. The third-order valence-corrected chi connectivity index (χ3v) is 3.31. The van der Waals surface area contributed by atoms with E-state index in [2.05, 4.69) is 38.9 Å². The summed E-state index contributed by atoms with van der Waals surface area (Å²) in [4.78, 5) is 0. The maximum atomic E-state index is 5.65. The number of aromatic nitrogens is 2. The van der Waals surface area contributed by atoms with Crippen LogP contribution in [-0.2, 0) is 0 Å². The molecule has 0 fully saturated rings. The van der Waals surface area contributed by atoms with Crippen molar-refractivity contribution in [2.75, 3.05) is 13.2 Å². The minimum Gasteiger partial charge on any atom is -0.474 e. The van der Waals surface area contributed by atoms with E-state index in [9.17, 15) is 0 Å². The highest BCUT2D eigenvalue weighted by Gasteiger charge is 2.21. The molecule has 0 spiro atoms. The number of rotatable bonds is 4. The first-order chi connectivity index (χ1) is 8.83. The topological polar surface area (TPSA) is 47.0 Å². The van der Waals surface area contributed by atoms with Gasteiger partial charge in [-0.3, -0.25) is 0 Å². The summed E-state index contributed by atoms with van der Waals surface area (Å²) in [5.41, 5.74) is 2.07. The third-order valence-electron chi connectivity index (χ3n) is 2.80. The van der Waals surface area contributed by atoms with Gasteiger partial charge in [0.05, 0.1) is 11.7 Å². The number of nitrogens with one attached hydrogen (secondary N) is 1. The van der Waals surface area contributed by atoms with Crippen LogP contribution in [0.1, 0.15) is 32.4 Å². The Hall–Kier alpha value is -1.38. The zero-order valence-corrected chi connectivity index (χ0v) is 11.5. The maximum Gasteiger partial charge on any atom is 0.253 e. The average Bonchev–Trinajstić information content (AvgIpc) is 2.83. The molecule has 4 nitrogen and oxygen atoms in total. The zero-order valence-electron chi connectivity index (χ0n) is 10.7. The fourth-order valence-electron chi connectivity index (χ4n) is 1.89. The molecular weight excluding hydrogens is 246 g/mol. The molecule has 0 aromatic carbocycles. The smallest absolute Gasteiger partial charge is 0.253 e.